The minimum atomic E-state index is -3.42. The Hall–Kier alpha value is -0.910. The van der Waals surface area contributed by atoms with Crippen LogP contribution < -0.4 is 0 Å². The zero-order valence-electron chi connectivity index (χ0n) is 11.5. The van der Waals surface area contributed by atoms with Crippen LogP contribution in [0.4, 0.5) is 0 Å². The SMILES string of the molecule is COCCN(C(C)C1CC1)S(=O)(=O)c1ccccc1. The molecule has 0 amide bonds. The highest BCUT2D eigenvalue weighted by Gasteiger charge is 2.37. The van der Waals surface area contributed by atoms with Crippen molar-refractivity contribution in [1.82, 2.24) is 4.31 Å². The highest BCUT2D eigenvalue weighted by atomic mass is 32.2. The van der Waals surface area contributed by atoms with Gasteiger partial charge in [-0.05, 0) is 37.8 Å². The predicted molar refractivity (Wildman–Crippen MR) is 74.4 cm³/mol. The third kappa shape index (κ3) is 3.35. The molecule has 1 fully saturated rings. The summed E-state index contributed by atoms with van der Waals surface area (Å²) in [5.41, 5.74) is 0. The molecule has 0 radical (unpaired) electrons. The van der Waals surface area contributed by atoms with Crippen molar-refractivity contribution in [2.45, 2.75) is 30.7 Å². The Morgan fingerprint density at radius 3 is 2.47 bits per heavy atom. The van der Waals surface area contributed by atoms with E-state index in [2.05, 4.69) is 0 Å². The first kappa shape index (κ1) is 14.5. The fourth-order valence-corrected chi connectivity index (χ4v) is 3.96. The van der Waals surface area contributed by atoms with Gasteiger partial charge in [-0.1, -0.05) is 18.2 Å². The molecule has 0 bridgehead atoms. The van der Waals surface area contributed by atoms with Gasteiger partial charge < -0.3 is 4.74 Å². The first-order valence-electron chi connectivity index (χ1n) is 6.63. The summed E-state index contributed by atoms with van der Waals surface area (Å²) in [6.45, 7) is 2.82. The topological polar surface area (TPSA) is 46.6 Å². The van der Waals surface area contributed by atoms with Crippen LogP contribution in [0.5, 0.6) is 0 Å². The molecule has 0 heterocycles. The quantitative estimate of drug-likeness (QED) is 0.770. The predicted octanol–water partition coefficient (Wildman–Crippen LogP) is 2.12. The maximum Gasteiger partial charge on any atom is 0.243 e. The van der Waals surface area contributed by atoms with E-state index < -0.39 is 10.0 Å². The molecule has 1 saturated carbocycles. The van der Waals surface area contributed by atoms with Crippen LogP contribution in [0.25, 0.3) is 0 Å². The van der Waals surface area contributed by atoms with Crippen LogP contribution in [0, 0.1) is 5.92 Å². The van der Waals surface area contributed by atoms with Gasteiger partial charge in [0.15, 0.2) is 0 Å². The van der Waals surface area contributed by atoms with Crippen molar-refractivity contribution in [3.05, 3.63) is 30.3 Å². The van der Waals surface area contributed by atoms with Crippen molar-refractivity contribution in [3.63, 3.8) is 0 Å². The Morgan fingerprint density at radius 1 is 1.32 bits per heavy atom. The Balaban J connectivity index is 2.25. The average molecular weight is 283 g/mol. The lowest BCUT2D eigenvalue weighted by molar-refractivity contribution is 0.164. The molecule has 19 heavy (non-hydrogen) atoms. The van der Waals surface area contributed by atoms with Gasteiger partial charge in [-0.15, -0.1) is 0 Å². The highest BCUT2D eigenvalue weighted by Crippen LogP contribution is 2.36. The molecule has 4 nitrogen and oxygen atoms in total. The minimum Gasteiger partial charge on any atom is -0.383 e. The molecule has 1 atom stereocenters. The van der Waals surface area contributed by atoms with E-state index in [1.165, 1.54) is 0 Å². The summed E-state index contributed by atoms with van der Waals surface area (Å²) in [6, 6.07) is 8.67. The summed E-state index contributed by atoms with van der Waals surface area (Å²) < 4.78 is 32.0. The van der Waals surface area contributed by atoms with Crippen LogP contribution in [0.2, 0.25) is 0 Å². The van der Waals surface area contributed by atoms with E-state index in [1.54, 1.807) is 35.7 Å². The molecule has 1 aliphatic carbocycles. The maximum atomic E-state index is 12.7. The lowest BCUT2D eigenvalue weighted by Crippen LogP contribution is -2.41. The summed E-state index contributed by atoms with van der Waals surface area (Å²) in [5, 5.41) is 0. The molecule has 106 valence electrons. The normalized spacial score (nSPS) is 17.6. The zero-order valence-corrected chi connectivity index (χ0v) is 12.3. The fraction of sp³-hybridized carbons (Fsp3) is 0.571. The van der Waals surface area contributed by atoms with Gasteiger partial charge in [0.2, 0.25) is 10.0 Å². The molecular weight excluding hydrogens is 262 g/mol. The monoisotopic (exact) mass is 283 g/mol. The minimum absolute atomic E-state index is 0.0420. The number of hydrogen-bond acceptors (Lipinski definition) is 3. The number of ether oxygens (including phenoxy) is 1. The third-order valence-electron chi connectivity index (χ3n) is 3.62. The number of sulfonamides is 1. The summed E-state index contributed by atoms with van der Waals surface area (Å²) in [7, 11) is -1.83. The number of methoxy groups -OCH3 is 1. The molecule has 1 aliphatic rings. The lowest BCUT2D eigenvalue weighted by Gasteiger charge is -2.28. The second-order valence-corrected chi connectivity index (χ2v) is 6.89. The molecule has 0 aliphatic heterocycles. The second-order valence-electron chi connectivity index (χ2n) is 5.00. The molecule has 0 saturated heterocycles. The van der Waals surface area contributed by atoms with Gasteiger partial charge in [-0.3, -0.25) is 0 Å². The first-order chi connectivity index (χ1) is 9.07. The van der Waals surface area contributed by atoms with E-state index in [4.69, 9.17) is 4.74 Å². The van der Waals surface area contributed by atoms with Crippen LogP contribution in [0.3, 0.4) is 0 Å². The van der Waals surface area contributed by atoms with Gasteiger partial charge in [0.1, 0.15) is 0 Å². The molecule has 0 N–H and O–H groups in total. The maximum absolute atomic E-state index is 12.7. The van der Waals surface area contributed by atoms with Gasteiger partial charge in [0.25, 0.3) is 0 Å². The molecule has 1 aromatic carbocycles. The smallest absolute Gasteiger partial charge is 0.243 e. The van der Waals surface area contributed by atoms with Gasteiger partial charge in [-0.25, -0.2) is 8.42 Å². The molecular formula is C14H21NO3S. The van der Waals surface area contributed by atoms with E-state index in [1.807, 2.05) is 13.0 Å². The molecule has 0 spiro atoms. The molecule has 1 unspecified atom stereocenters. The number of hydrogen-bond donors (Lipinski definition) is 0. The molecule has 1 aromatic rings. The van der Waals surface area contributed by atoms with Crippen molar-refractivity contribution in [1.29, 1.82) is 0 Å². The van der Waals surface area contributed by atoms with Gasteiger partial charge in [0, 0.05) is 19.7 Å². The van der Waals surface area contributed by atoms with Crippen molar-refractivity contribution in [2.24, 2.45) is 5.92 Å². The van der Waals surface area contributed by atoms with Gasteiger partial charge >= 0.3 is 0 Å². The summed E-state index contributed by atoms with van der Waals surface area (Å²) in [4.78, 5) is 0.360. The first-order valence-corrected chi connectivity index (χ1v) is 8.07. The van der Waals surface area contributed by atoms with E-state index in [-0.39, 0.29) is 6.04 Å². The summed E-state index contributed by atoms with van der Waals surface area (Å²) in [6.07, 6.45) is 2.24. The summed E-state index contributed by atoms with van der Waals surface area (Å²) in [5.74, 6) is 0.496. The van der Waals surface area contributed by atoms with E-state index in [0.29, 0.717) is 24.0 Å². The number of nitrogens with zero attached hydrogens (tertiary/aromatic N) is 1. The van der Waals surface area contributed by atoms with Crippen molar-refractivity contribution < 1.29 is 13.2 Å². The largest absolute Gasteiger partial charge is 0.383 e. The second kappa shape index (κ2) is 6.03. The van der Waals surface area contributed by atoms with E-state index in [0.717, 1.165) is 12.8 Å². The van der Waals surface area contributed by atoms with Crippen LogP contribution in [0.15, 0.2) is 35.2 Å². The van der Waals surface area contributed by atoms with E-state index in [9.17, 15) is 8.42 Å². The summed E-state index contributed by atoms with van der Waals surface area (Å²) >= 11 is 0. The highest BCUT2D eigenvalue weighted by molar-refractivity contribution is 7.89. The standard InChI is InChI=1S/C14H21NO3S/c1-12(13-8-9-13)15(10-11-18-2)19(16,17)14-6-4-3-5-7-14/h3-7,12-13H,8-11H2,1-2H3. The van der Waals surface area contributed by atoms with Gasteiger partial charge in [0.05, 0.1) is 11.5 Å². The molecule has 5 heteroatoms. The van der Waals surface area contributed by atoms with Crippen molar-refractivity contribution in [2.75, 3.05) is 20.3 Å². The molecule has 2 rings (SSSR count). The fourth-order valence-electron chi connectivity index (χ4n) is 2.27. The van der Waals surface area contributed by atoms with Crippen molar-refractivity contribution >= 4 is 10.0 Å². The average Bonchev–Trinajstić information content (AvgIpc) is 3.24. The van der Waals surface area contributed by atoms with E-state index >= 15 is 0 Å². The Bertz CT molecular complexity index is 497. The lowest BCUT2D eigenvalue weighted by atomic mass is 10.2. The Kier molecular flexibility index (Phi) is 4.60. The van der Waals surface area contributed by atoms with Gasteiger partial charge in [-0.2, -0.15) is 4.31 Å². The Labute approximate surface area is 115 Å². The van der Waals surface area contributed by atoms with Crippen LogP contribution >= 0.6 is 0 Å². The molecule has 0 aromatic heterocycles. The Morgan fingerprint density at radius 2 is 1.95 bits per heavy atom. The van der Waals surface area contributed by atoms with Crippen LogP contribution in [-0.4, -0.2) is 39.0 Å². The number of benzene rings is 1. The van der Waals surface area contributed by atoms with Crippen LogP contribution in [0.1, 0.15) is 19.8 Å². The number of rotatable bonds is 7. The van der Waals surface area contributed by atoms with Crippen molar-refractivity contribution in [3.8, 4) is 0 Å². The zero-order chi connectivity index (χ0) is 13.9. The third-order valence-corrected chi connectivity index (χ3v) is 5.62. The van der Waals surface area contributed by atoms with Crippen LogP contribution in [-0.2, 0) is 14.8 Å².